The third-order valence-corrected chi connectivity index (χ3v) is 1.73. The molecule has 0 bridgehead atoms. The van der Waals surface area contributed by atoms with Gasteiger partial charge < -0.3 is 5.32 Å². The monoisotopic (exact) mass is 155 g/mol. The average Bonchev–Trinajstić information content (AvgIpc) is 1.85. The van der Waals surface area contributed by atoms with E-state index in [0.717, 1.165) is 5.92 Å². The summed E-state index contributed by atoms with van der Waals surface area (Å²) in [5.41, 5.74) is 0. The highest BCUT2D eigenvalue weighted by atomic mass is 14.9. The van der Waals surface area contributed by atoms with Crippen molar-refractivity contribution in [2.45, 2.75) is 46.2 Å². The van der Waals surface area contributed by atoms with Crippen LogP contribution in [0.25, 0.3) is 0 Å². The number of nitrogens with one attached hydrogen (secondary N) is 1. The van der Waals surface area contributed by atoms with Crippen LogP contribution in [-0.2, 0) is 0 Å². The Balaban J connectivity index is 3.51. The Kier molecular flexibility index (Phi) is 5.22. The Bertz CT molecular complexity index is 107. The summed E-state index contributed by atoms with van der Waals surface area (Å²) in [6.45, 7) is 12.6. The first-order valence-electron chi connectivity index (χ1n) is 4.44. The second kappa shape index (κ2) is 5.36. The number of hydrogen-bond donors (Lipinski definition) is 1. The molecule has 0 heterocycles. The van der Waals surface area contributed by atoms with Crippen LogP contribution in [0.1, 0.15) is 34.1 Å². The second-order valence-electron chi connectivity index (χ2n) is 3.72. The summed E-state index contributed by atoms with van der Waals surface area (Å²) < 4.78 is 0. The third kappa shape index (κ3) is 6.11. The molecule has 0 fully saturated rings. The second-order valence-corrected chi connectivity index (χ2v) is 3.72. The van der Waals surface area contributed by atoms with E-state index in [4.69, 9.17) is 0 Å². The fraction of sp³-hybridized carbons (Fsp3) is 0.800. The first kappa shape index (κ1) is 10.7. The number of rotatable bonds is 5. The minimum Gasteiger partial charge on any atom is -0.308 e. The minimum absolute atomic E-state index is 0.434. The first-order chi connectivity index (χ1) is 5.06. The van der Waals surface area contributed by atoms with Gasteiger partial charge in [0.2, 0.25) is 0 Å². The smallest absolute Gasteiger partial charge is 0.0221 e. The molecule has 0 amide bonds. The molecule has 0 spiro atoms. The van der Waals surface area contributed by atoms with Gasteiger partial charge in [-0.3, -0.25) is 0 Å². The zero-order valence-electron chi connectivity index (χ0n) is 8.22. The van der Waals surface area contributed by atoms with E-state index < -0.39 is 0 Å². The molecule has 1 N–H and O–H groups in total. The van der Waals surface area contributed by atoms with Crippen molar-refractivity contribution in [3.8, 4) is 0 Å². The highest BCUT2D eigenvalue weighted by molar-refractivity contribution is 4.83. The highest BCUT2D eigenvalue weighted by Crippen LogP contribution is 2.04. The lowest BCUT2D eigenvalue weighted by Gasteiger charge is -2.18. The number of hydrogen-bond acceptors (Lipinski definition) is 1. The third-order valence-electron chi connectivity index (χ3n) is 1.73. The molecule has 0 saturated carbocycles. The summed E-state index contributed by atoms with van der Waals surface area (Å²) in [6.07, 6.45) is 3.18. The van der Waals surface area contributed by atoms with Gasteiger partial charge in [-0.25, -0.2) is 0 Å². The first-order valence-corrected chi connectivity index (χ1v) is 4.44. The summed E-state index contributed by atoms with van der Waals surface area (Å²) in [4.78, 5) is 0. The van der Waals surface area contributed by atoms with Gasteiger partial charge in [0, 0.05) is 12.1 Å². The van der Waals surface area contributed by atoms with Crippen molar-refractivity contribution in [2.75, 3.05) is 0 Å². The maximum absolute atomic E-state index is 3.73. The van der Waals surface area contributed by atoms with Gasteiger partial charge >= 0.3 is 0 Å². The predicted octanol–water partition coefficient (Wildman–Crippen LogP) is 2.59. The van der Waals surface area contributed by atoms with Gasteiger partial charge in [0.15, 0.2) is 0 Å². The summed E-state index contributed by atoms with van der Waals surface area (Å²) in [5, 5.41) is 3.44. The van der Waals surface area contributed by atoms with E-state index >= 15 is 0 Å². The van der Waals surface area contributed by atoms with E-state index in [1.807, 2.05) is 6.08 Å². The molecule has 0 aliphatic heterocycles. The van der Waals surface area contributed by atoms with E-state index in [0.29, 0.717) is 12.1 Å². The normalized spacial score (nSPS) is 16.5. The zero-order chi connectivity index (χ0) is 8.85. The van der Waals surface area contributed by atoms with Crippen molar-refractivity contribution in [3.63, 3.8) is 0 Å². The van der Waals surface area contributed by atoms with Crippen LogP contribution in [0.2, 0.25) is 0 Å². The van der Waals surface area contributed by atoms with Crippen LogP contribution in [0.15, 0.2) is 12.7 Å². The largest absolute Gasteiger partial charge is 0.308 e. The summed E-state index contributed by atoms with van der Waals surface area (Å²) >= 11 is 0. The Hall–Kier alpha value is -0.300. The van der Waals surface area contributed by atoms with Crippen LogP contribution in [0.4, 0.5) is 0 Å². The molecule has 0 aliphatic rings. The lowest BCUT2D eigenvalue weighted by Crippen LogP contribution is -2.33. The predicted molar refractivity (Wildman–Crippen MR) is 51.7 cm³/mol. The lowest BCUT2D eigenvalue weighted by molar-refractivity contribution is 0.427. The van der Waals surface area contributed by atoms with Crippen LogP contribution < -0.4 is 5.32 Å². The molecule has 0 aromatic heterocycles. The fourth-order valence-electron chi connectivity index (χ4n) is 1.29. The van der Waals surface area contributed by atoms with E-state index in [2.05, 4.69) is 39.6 Å². The molecule has 11 heavy (non-hydrogen) atoms. The van der Waals surface area contributed by atoms with Gasteiger partial charge in [0.1, 0.15) is 0 Å². The van der Waals surface area contributed by atoms with Gasteiger partial charge in [-0.05, 0) is 26.2 Å². The van der Waals surface area contributed by atoms with Crippen molar-refractivity contribution in [1.82, 2.24) is 5.32 Å². The van der Waals surface area contributed by atoms with Crippen LogP contribution in [0.3, 0.4) is 0 Å². The van der Waals surface area contributed by atoms with Crippen LogP contribution in [0.5, 0.6) is 0 Å². The molecular formula is C10H21N. The summed E-state index contributed by atoms with van der Waals surface area (Å²) in [6, 6.07) is 1.03. The zero-order valence-corrected chi connectivity index (χ0v) is 8.22. The molecule has 2 atom stereocenters. The molecule has 0 aromatic carbocycles. The maximum atomic E-state index is 3.73. The Morgan fingerprint density at radius 3 is 2.18 bits per heavy atom. The minimum atomic E-state index is 0.434. The van der Waals surface area contributed by atoms with Crippen LogP contribution in [0, 0.1) is 5.92 Å². The molecule has 0 saturated heterocycles. The van der Waals surface area contributed by atoms with Crippen molar-refractivity contribution < 1.29 is 0 Å². The molecule has 0 rings (SSSR count). The quantitative estimate of drug-likeness (QED) is 0.602. The van der Waals surface area contributed by atoms with Crippen molar-refractivity contribution >= 4 is 0 Å². The SMILES string of the molecule is C=CC(C)NC(C)CC(C)C. The van der Waals surface area contributed by atoms with Crippen molar-refractivity contribution in [3.05, 3.63) is 12.7 Å². The molecule has 0 radical (unpaired) electrons. The van der Waals surface area contributed by atoms with E-state index in [1.54, 1.807) is 0 Å². The molecule has 0 aromatic rings. The average molecular weight is 155 g/mol. The maximum Gasteiger partial charge on any atom is 0.0221 e. The van der Waals surface area contributed by atoms with E-state index in [-0.39, 0.29) is 0 Å². The standard InChI is InChI=1S/C10H21N/c1-6-9(4)11-10(5)7-8(2)3/h6,8-11H,1,7H2,2-5H3. The van der Waals surface area contributed by atoms with Gasteiger partial charge in [0.25, 0.3) is 0 Å². The van der Waals surface area contributed by atoms with Crippen LogP contribution >= 0.6 is 0 Å². The molecule has 2 unspecified atom stereocenters. The molecule has 1 heteroatoms. The Morgan fingerprint density at radius 2 is 1.82 bits per heavy atom. The Morgan fingerprint density at radius 1 is 1.27 bits per heavy atom. The topological polar surface area (TPSA) is 12.0 Å². The van der Waals surface area contributed by atoms with Gasteiger partial charge in [-0.1, -0.05) is 19.9 Å². The van der Waals surface area contributed by atoms with Gasteiger partial charge in [0.05, 0.1) is 0 Å². The molecule has 0 aliphatic carbocycles. The molecule has 1 nitrogen and oxygen atoms in total. The van der Waals surface area contributed by atoms with E-state index in [9.17, 15) is 0 Å². The summed E-state index contributed by atoms with van der Waals surface area (Å²) in [5.74, 6) is 0.773. The van der Waals surface area contributed by atoms with E-state index in [1.165, 1.54) is 6.42 Å². The van der Waals surface area contributed by atoms with Crippen molar-refractivity contribution in [1.29, 1.82) is 0 Å². The Labute approximate surface area is 70.9 Å². The van der Waals surface area contributed by atoms with Crippen LogP contribution in [-0.4, -0.2) is 12.1 Å². The summed E-state index contributed by atoms with van der Waals surface area (Å²) in [7, 11) is 0. The van der Waals surface area contributed by atoms with Gasteiger partial charge in [-0.15, -0.1) is 6.58 Å². The lowest BCUT2D eigenvalue weighted by atomic mass is 10.0. The van der Waals surface area contributed by atoms with Gasteiger partial charge in [-0.2, -0.15) is 0 Å². The highest BCUT2D eigenvalue weighted by Gasteiger charge is 2.05. The fourth-order valence-corrected chi connectivity index (χ4v) is 1.29. The molecule has 66 valence electrons. The van der Waals surface area contributed by atoms with Crippen molar-refractivity contribution in [2.24, 2.45) is 5.92 Å². The molecular weight excluding hydrogens is 134 g/mol.